The highest BCUT2D eigenvalue weighted by Gasteiger charge is 2.29. The Morgan fingerprint density at radius 3 is 2.11 bits per heavy atom. The molecule has 2 aliphatic rings. The van der Waals surface area contributed by atoms with Crippen LogP contribution in [0.1, 0.15) is 52.4 Å². The van der Waals surface area contributed by atoms with Crippen LogP contribution in [-0.4, -0.2) is 59.3 Å². The molecular formula is C15H30N2O. The van der Waals surface area contributed by atoms with Gasteiger partial charge >= 0.3 is 0 Å². The highest BCUT2D eigenvalue weighted by Crippen LogP contribution is 2.23. The Labute approximate surface area is 112 Å². The Bertz CT molecular complexity index is 237. The van der Waals surface area contributed by atoms with Crippen molar-refractivity contribution in [3.63, 3.8) is 0 Å². The van der Waals surface area contributed by atoms with Crippen molar-refractivity contribution in [2.24, 2.45) is 0 Å². The van der Waals surface area contributed by atoms with Crippen LogP contribution in [-0.2, 0) is 0 Å². The van der Waals surface area contributed by atoms with Crippen molar-refractivity contribution in [1.82, 2.24) is 9.80 Å². The van der Waals surface area contributed by atoms with Gasteiger partial charge in [0.2, 0.25) is 0 Å². The number of rotatable bonds is 2. The average Bonchev–Trinajstić information content (AvgIpc) is 2.35. The largest absolute Gasteiger partial charge is 0.391 e. The second-order valence-electron chi connectivity index (χ2n) is 6.29. The van der Waals surface area contributed by atoms with Gasteiger partial charge in [-0.25, -0.2) is 0 Å². The maximum absolute atomic E-state index is 10.3. The van der Waals surface area contributed by atoms with Gasteiger partial charge in [0.25, 0.3) is 0 Å². The van der Waals surface area contributed by atoms with E-state index < -0.39 is 0 Å². The molecule has 1 heterocycles. The van der Waals surface area contributed by atoms with E-state index in [4.69, 9.17) is 0 Å². The normalized spacial score (nSPS) is 33.3. The van der Waals surface area contributed by atoms with Gasteiger partial charge in [-0.3, -0.25) is 9.80 Å². The van der Waals surface area contributed by atoms with Crippen molar-refractivity contribution < 1.29 is 5.11 Å². The Morgan fingerprint density at radius 2 is 1.50 bits per heavy atom. The molecule has 2 atom stereocenters. The predicted octanol–water partition coefficient (Wildman–Crippen LogP) is 2.10. The molecule has 1 aliphatic heterocycles. The first kappa shape index (κ1) is 14.3. The van der Waals surface area contributed by atoms with Crippen molar-refractivity contribution >= 4 is 0 Å². The molecule has 2 rings (SSSR count). The first-order valence-corrected chi connectivity index (χ1v) is 7.84. The fourth-order valence-electron chi connectivity index (χ4n) is 3.46. The highest BCUT2D eigenvalue weighted by atomic mass is 16.3. The van der Waals surface area contributed by atoms with E-state index in [-0.39, 0.29) is 6.10 Å². The van der Waals surface area contributed by atoms with Crippen molar-refractivity contribution in [3.05, 3.63) is 0 Å². The SMILES string of the molecule is CC(C)N1CCN(C2CCCCCCC2O)CC1. The molecule has 1 N–H and O–H groups in total. The van der Waals surface area contributed by atoms with E-state index in [0.29, 0.717) is 12.1 Å². The summed E-state index contributed by atoms with van der Waals surface area (Å²) in [5.74, 6) is 0. The van der Waals surface area contributed by atoms with Gasteiger partial charge in [-0.15, -0.1) is 0 Å². The van der Waals surface area contributed by atoms with Gasteiger partial charge in [-0.05, 0) is 26.7 Å². The molecule has 3 heteroatoms. The number of aliphatic hydroxyl groups is 1. The highest BCUT2D eigenvalue weighted by molar-refractivity contribution is 4.85. The van der Waals surface area contributed by atoms with Crippen LogP contribution < -0.4 is 0 Å². The van der Waals surface area contributed by atoms with Crippen LogP contribution in [0.4, 0.5) is 0 Å². The topological polar surface area (TPSA) is 26.7 Å². The predicted molar refractivity (Wildman–Crippen MR) is 75.8 cm³/mol. The number of aliphatic hydroxyl groups excluding tert-OH is 1. The summed E-state index contributed by atoms with van der Waals surface area (Å²) in [7, 11) is 0. The van der Waals surface area contributed by atoms with E-state index in [1.165, 1.54) is 45.2 Å². The van der Waals surface area contributed by atoms with Gasteiger partial charge in [0, 0.05) is 38.3 Å². The third-order valence-electron chi connectivity index (χ3n) is 4.74. The Hall–Kier alpha value is -0.120. The Kier molecular flexibility index (Phi) is 5.46. The Morgan fingerprint density at radius 1 is 0.889 bits per heavy atom. The molecule has 0 aromatic rings. The monoisotopic (exact) mass is 254 g/mol. The van der Waals surface area contributed by atoms with Crippen LogP contribution in [0.5, 0.6) is 0 Å². The van der Waals surface area contributed by atoms with E-state index in [2.05, 4.69) is 23.6 Å². The van der Waals surface area contributed by atoms with Crippen molar-refractivity contribution in [1.29, 1.82) is 0 Å². The molecule has 106 valence electrons. The lowest BCUT2D eigenvalue weighted by molar-refractivity contribution is 0.000525. The minimum absolute atomic E-state index is 0.0871. The zero-order valence-corrected chi connectivity index (χ0v) is 12.1. The quantitative estimate of drug-likeness (QED) is 0.817. The van der Waals surface area contributed by atoms with Gasteiger partial charge in [0.1, 0.15) is 0 Å². The fraction of sp³-hybridized carbons (Fsp3) is 1.00. The molecule has 18 heavy (non-hydrogen) atoms. The lowest BCUT2D eigenvalue weighted by Gasteiger charge is -2.43. The van der Waals surface area contributed by atoms with Crippen LogP contribution in [0.2, 0.25) is 0 Å². The van der Waals surface area contributed by atoms with Gasteiger partial charge in [-0.1, -0.05) is 25.7 Å². The molecule has 1 aliphatic carbocycles. The molecule has 0 aromatic carbocycles. The lowest BCUT2D eigenvalue weighted by Crippen LogP contribution is -2.55. The molecule has 2 unspecified atom stereocenters. The molecule has 0 spiro atoms. The van der Waals surface area contributed by atoms with Crippen LogP contribution in [0.3, 0.4) is 0 Å². The summed E-state index contributed by atoms with van der Waals surface area (Å²) in [5.41, 5.74) is 0. The second kappa shape index (κ2) is 6.88. The summed E-state index contributed by atoms with van der Waals surface area (Å²) in [6, 6.07) is 1.09. The van der Waals surface area contributed by atoms with Gasteiger partial charge in [0.15, 0.2) is 0 Å². The van der Waals surface area contributed by atoms with E-state index >= 15 is 0 Å². The molecule has 0 amide bonds. The smallest absolute Gasteiger partial charge is 0.0695 e. The van der Waals surface area contributed by atoms with Crippen LogP contribution >= 0.6 is 0 Å². The third kappa shape index (κ3) is 3.69. The molecular weight excluding hydrogens is 224 g/mol. The number of nitrogens with zero attached hydrogens (tertiary/aromatic N) is 2. The van der Waals surface area contributed by atoms with Crippen molar-refractivity contribution in [2.75, 3.05) is 26.2 Å². The maximum Gasteiger partial charge on any atom is 0.0695 e. The third-order valence-corrected chi connectivity index (χ3v) is 4.74. The van der Waals surface area contributed by atoms with Gasteiger partial charge < -0.3 is 5.11 Å². The standard InChI is InChI=1S/C15H30N2O/c1-13(2)16-9-11-17(12-10-16)14-7-5-3-4-6-8-15(14)18/h13-15,18H,3-12H2,1-2H3. The molecule has 1 saturated carbocycles. The van der Waals surface area contributed by atoms with Crippen LogP contribution in [0.15, 0.2) is 0 Å². The van der Waals surface area contributed by atoms with E-state index in [9.17, 15) is 5.11 Å². The zero-order chi connectivity index (χ0) is 13.0. The Balaban J connectivity index is 1.86. The van der Waals surface area contributed by atoms with Gasteiger partial charge in [0.05, 0.1) is 6.10 Å². The second-order valence-corrected chi connectivity index (χ2v) is 6.29. The summed E-state index contributed by atoms with van der Waals surface area (Å²) in [6.07, 6.45) is 7.30. The van der Waals surface area contributed by atoms with Crippen LogP contribution in [0.25, 0.3) is 0 Å². The molecule has 3 nitrogen and oxygen atoms in total. The van der Waals surface area contributed by atoms with E-state index in [1.54, 1.807) is 0 Å². The number of hydrogen-bond acceptors (Lipinski definition) is 3. The van der Waals surface area contributed by atoms with Crippen molar-refractivity contribution in [2.45, 2.75) is 70.6 Å². The zero-order valence-electron chi connectivity index (χ0n) is 12.1. The molecule has 0 bridgehead atoms. The summed E-state index contributed by atoms with van der Waals surface area (Å²) < 4.78 is 0. The summed E-state index contributed by atoms with van der Waals surface area (Å²) in [4.78, 5) is 5.10. The van der Waals surface area contributed by atoms with Gasteiger partial charge in [-0.2, -0.15) is 0 Å². The number of piperazine rings is 1. The minimum atomic E-state index is -0.0871. The van der Waals surface area contributed by atoms with E-state index in [0.717, 1.165) is 19.5 Å². The van der Waals surface area contributed by atoms with Crippen molar-refractivity contribution in [3.8, 4) is 0 Å². The van der Waals surface area contributed by atoms with Crippen LogP contribution in [0, 0.1) is 0 Å². The van der Waals surface area contributed by atoms with E-state index in [1.807, 2.05) is 0 Å². The molecule has 0 radical (unpaired) electrons. The summed E-state index contributed by atoms with van der Waals surface area (Å²) >= 11 is 0. The first-order chi connectivity index (χ1) is 8.68. The first-order valence-electron chi connectivity index (χ1n) is 7.84. The summed E-state index contributed by atoms with van der Waals surface area (Å²) in [5, 5.41) is 10.3. The molecule has 0 aromatic heterocycles. The average molecular weight is 254 g/mol. The molecule has 2 fully saturated rings. The minimum Gasteiger partial charge on any atom is -0.391 e. The lowest BCUT2D eigenvalue weighted by atomic mass is 9.92. The fourth-order valence-corrected chi connectivity index (χ4v) is 3.46. The maximum atomic E-state index is 10.3. The molecule has 1 saturated heterocycles. The number of hydrogen-bond donors (Lipinski definition) is 1. The summed E-state index contributed by atoms with van der Waals surface area (Å²) in [6.45, 7) is 9.17.